The zero-order chi connectivity index (χ0) is 12.4. The van der Waals surface area contributed by atoms with Gasteiger partial charge in [0.1, 0.15) is 5.82 Å². The van der Waals surface area contributed by atoms with Crippen LogP contribution >= 0.6 is 12.2 Å². The van der Waals surface area contributed by atoms with E-state index in [9.17, 15) is 9.18 Å². The van der Waals surface area contributed by atoms with Crippen molar-refractivity contribution in [3.8, 4) is 0 Å². The van der Waals surface area contributed by atoms with E-state index >= 15 is 0 Å². The Morgan fingerprint density at radius 1 is 1.53 bits per heavy atom. The molecule has 0 aliphatic carbocycles. The Hall–Kier alpha value is -1.69. The molecule has 0 saturated heterocycles. The molecular formula is C11H12FN3OS. The monoisotopic (exact) mass is 253 g/mol. The maximum atomic E-state index is 13.1. The van der Waals surface area contributed by atoms with E-state index in [1.165, 1.54) is 12.1 Å². The second kappa shape index (κ2) is 4.67. The van der Waals surface area contributed by atoms with Gasteiger partial charge < -0.3 is 15.3 Å². The number of hydrogen-bond donors (Lipinski definition) is 2. The molecule has 0 spiro atoms. The zero-order valence-corrected chi connectivity index (χ0v) is 9.89. The number of halogens is 1. The van der Waals surface area contributed by atoms with Gasteiger partial charge in [-0.05, 0) is 36.8 Å². The summed E-state index contributed by atoms with van der Waals surface area (Å²) in [6.45, 7) is 0.547. The summed E-state index contributed by atoms with van der Waals surface area (Å²) < 4.78 is 15.4. The molecule has 0 radical (unpaired) electrons. The van der Waals surface area contributed by atoms with Gasteiger partial charge in [-0.15, -0.1) is 0 Å². The van der Waals surface area contributed by atoms with Gasteiger partial charge in [0, 0.05) is 13.0 Å². The van der Waals surface area contributed by atoms with Crippen LogP contribution in [0.15, 0.2) is 18.2 Å². The largest absolute Gasteiger partial charge is 0.370 e. The van der Waals surface area contributed by atoms with Gasteiger partial charge >= 0.3 is 0 Å². The van der Waals surface area contributed by atoms with Crippen LogP contribution in [0.1, 0.15) is 12.8 Å². The van der Waals surface area contributed by atoms with E-state index < -0.39 is 0 Å². The SMILES string of the molecule is NC(=O)CCCn1c(=S)[nH]c2ccc(F)cc21. The first-order valence-corrected chi connectivity index (χ1v) is 5.65. The van der Waals surface area contributed by atoms with Crippen molar-refractivity contribution in [2.24, 2.45) is 5.73 Å². The Balaban J connectivity index is 2.32. The highest BCUT2D eigenvalue weighted by Crippen LogP contribution is 2.16. The van der Waals surface area contributed by atoms with Crippen LogP contribution in [0.2, 0.25) is 0 Å². The molecule has 4 nitrogen and oxygen atoms in total. The summed E-state index contributed by atoms with van der Waals surface area (Å²) in [6.07, 6.45) is 0.886. The van der Waals surface area contributed by atoms with Gasteiger partial charge in [0.25, 0.3) is 0 Å². The van der Waals surface area contributed by atoms with E-state index in [4.69, 9.17) is 18.0 Å². The number of imidazole rings is 1. The normalized spacial score (nSPS) is 10.9. The first kappa shape index (κ1) is 11.8. The summed E-state index contributed by atoms with van der Waals surface area (Å²) in [5.41, 5.74) is 6.56. The molecule has 3 N–H and O–H groups in total. The van der Waals surface area contributed by atoms with Gasteiger partial charge in [-0.1, -0.05) is 0 Å². The lowest BCUT2D eigenvalue weighted by atomic mass is 10.2. The summed E-state index contributed by atoms with van der Waals surface area (Å²) in [4.78, 5) is 13.6. The third-order valence-electron chi connectivity index (χ3n) is 2.54. The van der Waals surface area contributed by atoms with Crippen LogP contribution < -0.4 is 5.73 Å². The van der Waals surface area contributed by atoms with Gasteiger partial charge in [0.15, 0.2) is 4.77 Å². The van der Waals surface area contributed by atoms with Gasteiger partial charge in [-0.3, -0.25) is 4.79 Å². The molecule has 0 aliphatic heterocycles. The number of H-pyrrole nitrogens is 1. The third-order valence-corrected chi connectivity index (χ3v) is 2.86. The standard InChI is InChI=1S/C11H12FN3OS/c12-7-3-4-8-9(6-7)15(11(17)14-8)5-1-2-10(13)16/h3-4,6H,1-2,5H2,(H2,13,16)(H,14,17). The molecule has 1 aromatic heterocycles. The number of fused-ring (bicyclic) bond motifs is 1. The minimum atomic E-state index is -0.345. The summed E-state index contributed by atoms with van der Waals surface area (Å²) in [6, 6.07) is 4.44. The Labute approximate surface area is 102 Å². The summed E-state index contributed by atoms with van der Waals surface area (Å²) in [5.74, 6) is -0.655. The van der Waals surface area contributed by atoms with Crippen LogP contribution in [0.25, 0.3) is 11.0 Å². The fourth-order valence-electron chi connectivity index (χ4n) is 1.76. The molecule has 1 amide bonds. The number of amides is 1. The van der Waals surface area contributed by atoms with Gasteiger partial charge in [-0.25, -0.2) is 4.39 Å². The second-order valence-electron chi connectivity index (χ2n) is 3.81. The summed E-state index contributed by atoms with van der Waals surface area (Å²) in [5, 5.41) is 0. The first-order valence-electron chi connectivity index (χ1n) is 5.24. The topological polar surface area (TPSA) is 63.8 Å². The number of nitrogens with zero attached hydrogens (tertiary/aromatic N) is 1. The Bertz CT molecular complexity index is 617. The number of aromatic amines is 1. The maximum absolute atomic E-state index is 13.1. The Morgan fingerprint density at radius 2 is 2.29 bits per heavy atom. The molecule has 2 aromatic rings. The number of rotatable bonds is 4. The molecule has 1 heterocycles. The van der Waals surface area contributed by atoms with E-state index in [0.29, 0.717) is 29.7 Å². The number of nitrogens with one attached hydrogen (secondary N) is 1. The van der Waals surface area contributed by atoms with Crippen molar-refractivity contribution in [3.63, 3.8) is 0 Å². The van der Waals surface area contributed by atoms with E-state index in [2.05, 4.69) is 4.98 Å². The molecule has 0 saturated carbocycles. The molecule has 0 atom stereocenters. The van der Waals surface area contributed by atoms with E-state index in [-0.39, 0.29) is 11.7 Å². The fourth-order valence-corrected chi connectivity index (χ4v) is 2.06. The fraction of sp³-hybridized carbons (Fsp3) is 0.273. The molecule has 0 aliphatic rings. The highest BCUT2D eigenvalue weighted by molar-refractivity contribution is 7.71. The average Bonchev–Trinajstić information content (AvgIpc) is 2.55. The lowest BCUT2D eigenvalue weighted by Gasteiger charge is -2.03. The molecule has 0 bridgehead atoms. The minimum Gasteiger partial charge on any atom is -0.370 e. The number of carbonyl (C=O) groups excluding carboxylic acids is 1. The Kier molecular flexibility index (Phi) is 3.23. The molecule has 2 rings (SSSR count). The lowest BCUT2D eigenvalue weighted by molar-refractivity contribution is -0.118. The van der Waals surface area contributed by atoms with Crippen LogP contribution in [-0.2, 0) is 11.3 Å². The third kappa shape index (κ3) is 2.52. The predicted octanol–water partition coefficient (Wildman–Crippen LogP) is 2.10. The van der Waals surface area contributed by atoms with Crippen molar-refractivity contribution in [1.29, 1.82) is 0 Å². The number of benzene rings is 1. The average molecular weight is 253 g/mol. The zero-order valence-electron chi connectivity index (χ0n) is 9.07. The molecule has 17 heavy (non-hydrogen) atoms. The Morgan fingerprint density at radius 3 is 3.00 bits per heavy atom. The van der Waals surface area contributed by atoms with Crippen molar-refractivity contribution >= 4 is 29.2 Å². The highest BCUT2D eigenvalue weighted by Gasteiger charge is 2.05. The number of carbonyl (C=O) groups is 1. The van der Waals surface area contributed by atoms with Crippen molar-refractivity contribution in [2.75, 3.05) is 0 Å². The minimum absolute atomic E-state index is 0.295. The number of nitrogens with two attached hydrogens (primary N) is 1. The number of primary amides is 1. The molecule has 6 heteroatoms. The van der Waals surface area contributed by atoms with Crippen molar-refractivity contribution in [1.82, 2.24) is 9.55 Å². The second-order valence-corrected chi connectivity index (χ2v) is 4.20. The first-order chi connectivity index (χ1) is 8.08. The van der Waals surface area contributed by atoms with Gasteiger partial charge in [0.2, 0.25) is 5.91 Å². The summed E-state index contributed by atoms with van der Waals surface area (Å²) in [7, 11) is 0. The van der Waals surface area contributed by atoms with Crippen LogP contribution in [0.3, 0.4) is 0 Å². The van der Waals surface area contributed by atoms with Crippen LogP contribution in [0, 0.1) is 10.6 Å². The van der Waals surface area contributed by atoms with Crippen LogP contribution in [-0.4, -0.2) is 15.5 Å². The van der Waals surface area contributed by atoms with Gasteiger partial charge in [-0.2, -0.15) is 0 Å². The molecule has 1 aromatic carbocycles. The smallest absolute Gasteiger partial charge is 0.217 e. The van der Waals surface area contributed by atoms with Crippen molar-refractivity contribution in [3.05, 3.63) is 28.8 Å². The summed E-state index contributed by atoms with van der Waals surface area (Å²) >= 11 is 5.14. The maximum Gasteiger partial charge on any atom is 0.217 e. The van der Waals surface area contributed by atoms with Crippen molar-refractivity contribution in [2.45, 2.75) is 19.4 Å². The molecular weight excluding hydrogens is 241 g/mol. The van der Waals surface area contributed by atoms with E-state index in [1.807, 2.05) is 0 Å². The van der Waals surface area contributed by atoms with Gasteiger partial charge in [0.05, 0.1) is 11.0 Å². The number of hydrogen-bond acceptors (Lipinski definition) is 2. The van der Waals surface area contributed by atoms with Crippen LogP contribution in [0.5, 0.6) is 0 Å². The molecule has 0 fully saturated rings. The van der Waals surface area contributed by atoms with E-state index in [1.54, 1.807) is 10.6 Å². The van der Waals surface area contributed by atoms with E-state index in [0.717, 1.165) is 5.52 Å². The lowest BCUT2D eigenvalue weighted by Crippen LogP contribution is -2.11. The number of aromatic nitrogens is 2. The van der Waals surface area contributed by atoms with Crippen LogP contribution in [0.4, 0.5) is 4.39 Å². The molecule has 0 unspecified atom stereocenters. The predicted molar refractivity (Wildman–Crippen MR) is 65.5 cm³/mol. The number of aryl methyl sites for hydroxylation is 1. The van der Waals surface area contributed by atoms with Crippen molar-refractivity contribution < 1.29 is 9.18 Å². The highest BCUT2D eigenvalue weighted by atomic mass is 32.1. The quantitative estimate of drug-likeness (QED) is 0.820. The molecule has 90 valence electrons.